The Kier molecular flexibility index (Phi) is 12.3. The molecule has 18 heavy (non-hydrogen) atoms. The molecule has 0 bridgehead atoms. The van der Waals surface area contributed by atoms with Gasteiger partial charge in [0, 0.05) is 26.6 Å². The van der Waals surface area contributed by atoms with Crippen LogP contribution in [0.4, 0.5) is 0 Å². The third-order valence-electron chi connectivity index (χ3n) is 2.61. The van der Waals surface area contributed by atoms with E-state index in [1.165, 1.54) is 12.8 Å². The Morgan fingerprint density at radius 2 is 2.00 bits per heavy atom. The lowest BCUT2D eigenvalue weighted by Crippen LogP contribution is -2.33. The highest BCUT2D eigenvalue weighted by Crippen LogP contribution is 1.90. The van der Waals surface area contributed by atoms with Gasteiger partial charge in [-0.2, -0.15) is 0 Å². The van der Waals surface area contributed by atoms with Gasteiger partial charge in [0.25, 0.3) is 0 Å². The normalized spacial score (nSPS) is 10.9. The van der Waals surface area contributed by atoms with E-state index in [-0.39, 0.29) is 5.91 Å². The predicted octanol–water partition coefficient (Wildman–Crippen LogP) is 0.888. The van der Waals surface area contributed by atoms with Gasteiger partial charge in [-0.15, -0.1) is 0 Å². The summed E-state index contributed by atoms with van der Waals surface area (Å²) in [5.74, 6) is 0.0521. The second kappa shape index (κ2) is 12.8. The quantitative estimate of drug-likeness (QED) is 0.529. The lowest BCUT2D eigenvalue weighted by Gasteiger charge is -2.16. The van der Waals surface area contributed by atoms with Crippen LogP contribution in [0.2, 0.25) is 0 Å². The number of likely N-dealkylation sites (N-methyl/N-ethyl adjacent to an activating group) is 1. The van der Waals surface area contributed by atoms with Crippen LogP contribution in [0.15, 0.2) is 0 Å². The van der Waals surface area contributed by atoms with Gasteiger partial charge in [0.15, 0.2) is 0 Å². The van der Waals surface area contributed by atoms with Crippen molar-refractivity contribution in [2.45, 2.75) is 26.2 Å². The van der Waals surface area contributed by atoms with Crippen LogP contribution in [-0.4, -0.2) is 64.4 Å². The first kappa shape index (κ1) is 17.4. The SMILES string of the molecule is CCCCN(C)CCNC(=O)CCOCCOC. The summed E-state index contributed by atoms with van der Waals surface area (Å²) in [5.41, 5.74) is 0. The zero-order chi connectivity index (χ0) is 13.6. The van der Waals surface area contributed by atoms with Crippen LogP contribution in [0.1, 0.15) is 26.2 Å². The van der Waals surface area contributed by atoms with Gasteiger partial charge >= 0.3 is 0 Å². The Morgan fingerprint density at radius 3 is 2.67 bits per heavy atom. The molecule has 0 aromatic carbocycles. The average molecular weight is 260 g/mol. The second-order valence-electron chi connectivity index (χ2n) is 4.36. The van der Waals surface area contributed by atoms with Crippen LogP contribution in [0, 0.1) is 0 Å². The maximum absolute atomic E-state index is 11.4. The van der Waals surface area contributed by atoms with Crippen molar-refractivity contribution in [1.82, 2.24) is 10.2 Å². The summed E-state index contributed by atoms with van der Waals surface area (Å²) < 4.78 is 10.1. The van der Waals surface area contributed by atoms with Crippen molar-refractivity contribution < 1.29 is 14.3 Å². The zero-order valence-electron chi connectivity index (χ0n) is 12.0. The standard InChI is InChI=1S/C13H28N2O3/c1-4-5-8-15(2)9-7-14-13(16)6-10-18-12-11-17-3/h4-12H2,1-3H3,(H,14,16). The molecule has 108 valence electrons. The largest absolute Gasteiger partial charge is 0.382 e. The maximum Gasteiger partial charge on any atom is 0.222 e. The Hall–Kier alpha value is -0.650. The van der Waals surface area contributed by atoms with Gasteiger partial charge < -0.3 is 19.7 Å². The van der Waals surface area contributed by atoms with Crippen LogP contribution >= 0.6 is 0 Å². The van der Waals surface area contributed by atoms with E-state index in [4.69, 9.17) is 9.47 Å². The van der Waals surface area contributed by atoms with Crippen molar-refractivity contribution in [2.24, 2.45) is 0 Å². The highest BCUT2D eigenvalue weighted by Gasteiger charge is 2.02. The molecule has 0 unspecified atom stereocenters. The number of amides is 1. The molecule has 0 atom stereocenters. The van der Waals surface area contributed by atoms with Gasteiger partial charge in [-0.25, -0.2) is 0 Å². The number of hydrogen-bond donors (Lipinski definition) is 1. The predicted molar refractivity (Wildman–Crippen MR) is 72.7 cm³/mol. The van der Waals surface area contributed by atoms with Crippen LogP contribution in [-0.2, 0) is 14.3 Å². The Morgan fingerprint density at radius 1 is 1.22 bits per heavy atom. The molecule has 0 aliphatic carbocycles. The fourth-order valence-corrected chi connectivity index (χ4v) is 1.42. The molecule has 5 heteroatoms. The van der Waals surface area contributed by atoms with E-state index in [0.717, 1.165) is 13.1 Å². The molecule has 0 aromatic heterocycles. The molecule has 0 radical (unpaired) electrons. The maximum atomic E-state index is 11.4. The van der Waals surface area contributed by atoms with Gasteiger partial charge in [0.1, 0.15) is 0 Å². The highest BCUT2D eigenvalue weighted by molar-refractivity contribution is 5.75. The van der Waals surface area contributed by atoms with Gasteiger partial charge in [-0.05, 0) is 20.0 Å². The minimum Gasteiger partial charge on any atom is -0.382 e. The monoisotopic (exact) mass is 260 g/mol. The van der Waals surface area contributed by atoms with E-state index in [1.807, 2.05) is 0 Å². The lowest BCUT2D eigenvalue weighted by molar-refractivity contribution is -0.122. The molecule has 0 heterocycles. The molecular formula is C13H28N2O3. The molecule has 0 aliphatic rings. The molecule has 0 saturated carbocycles. The summed E-state index contributed by atoms with van der Waals surface area (Å²) in [6.45, 7) is 6.45. The van der Waals surface area contributed by atoms with E-state index in [1.54, 1.807) is 7.11 Å². The second-order valence-corrected chi connectivity index (χ2v) is 4.36. The summed E-state index contributed by atoms with van der Waals surface area (Å²) in [6, 6.07) is 0. The fraction of sp³-hybridized carbons (Fsp3) is 0.923. The molecule has 0 aromatic rings. The topological polar surface area (TPSA) is 50.8 Å². The lowest BCUT2D eigenvalue weighted by atomic mass is 10.3. The van der Waals surface area contributed by atoms with E-state index in [0.29, 0.717) is 32.8 Å². The summed E-state index contributed by atoms with van der Waals surface area (Å²) in [5, 5.41) is 2.89. The van der Waals surface area contributed by atoms with Crippen LogP contribution in [0.3, 0.4) is 0 Å². The minimum atomic E-state index is 0.0521. The molecular weight excluding hydrogens is 232 g/mol. The van der Waals surface area contributed by atoms with Crippen molar-refractivity contribution >= 4 is 5.91 Å². The number of hydrogen-bond acceptors (Lipinski definition) is 4. The first-order valence-electron chi connectivity index (χ1n) is 6.72. The number of carbonyl (C=O) groups is 1. The van der Waals surface area contributed by atoms with Crippen molar-refractivity contribution in [1.29, 1.82) is 0 Å². The van der Waals surface area contributed by atoms with Crippen molar-refractivity contribution in [3.8, 4) is 0 Å². The van der Waals surface area contributed by atoms with E-state index in [9.17, 15) is 4.79 Å². The number of ether oxygens (including phenoxy) is 2. The van der Waals surface area contributed by atoms with Crippen molar-refractivity contribution in [2.75, 3.05) is 53.6 Å². The number of nitrogens with one attached hydrogen (secondary N) is 1. The van der Waals surface area contributed by atoms with Gasteiger partial charge in [0.05, 0.1) is 19.8 Å². The summed E-state index contributed by atoms with van der Waals surface area (Å²) >= 11 is 0. The van der Waals surface area contributed by atoms with Crippen LogP contribution in [0.25, 0.3) is 0 Å². The van der Waals surface area contributed by atoms with Gasteiger partial charge in [-0.1, -0.05) is 13.3 Å². The Labute approximate surface area is 111 Å². The summed E-state index contributed by atoms with van der Waals surface area (Å²) in [6.07, 6.45) is 2.83. The first-order chi connectivity index (χ1) is 8.70. The minimum absolute atomic E-state index is 0.0521. The third kappa shape index (κ3) is 11.8. The Bertz CT molecular complexity index is 201. The van der Waals surface area contributed by atoms with Crippen molar-refractivity contribution in [3.05, 3.63) is 0 Å². The van der Waals surface area contributed by atoms with Crippen molar-refractivity contribution in [3.63, 3.8) is 0 Å². The molecule has 1 N–H and O–H groups in total. The average Bonchev–Trinajstić information content (AvgIpc) is 2.36. The highest BCUT2D eigenvalue weighted by atomic mass is 16.5. The molecule has 1 amide bonds. The van der Waals surface area contributed by atoms with Crippen LogP contribution < -0.4 is 5.32 Å². The molecule has 0 spiro atoms. The smallest absolute Gasteiger partial charge is 0.222 e. The number of rotatable bonds is 12. The van der Waals surface area contributed by atoms with E-state index in [2.05, 4.69) is 24.2 Å². The molecule has 0 rings (SSSR count). The van der Waals surface area contributed by atoms with E-state index >= 15 is 0 Å². The summed E-state index contributed by atoms with van der Waals surface area (Å²) in [7, 11) is 3.71. The first-order valence-corrected chi connectivity index (χ1v) is 6.72. The molecule has 0 fully saturated rings. The van der Waals surface area contributed by atoms with Gasteiger partial charge in [0.2, 0.25) is 5.91 Å². The Balaban J connectivity index is 3.31. The zero-order valence-corrected chi connectivity index (χ0v) is 12.0. The molecule has 0 aliphatic heterocycles. The number of methoxy groups -OCH3 is 1. The van der Waals surface area contributed by atoms with E-state index < -0.39 is 0 Å². The third-order valence-corrected chi connectivity index (χ3v) is 2.61. The number of nitrogens with zero attached hydrogens (tertiary/aromatic N) is 1. The van der Waals surface area contributed by atoms with Gasteiger partial charge in [-0.3, -0.25) is 4.79 Å². The number of carbonyl (C=O) groups excluding carboxylic acids is 1. The summed E-state index contributed by atoms with van der Waals surface area (Å²) in [4.78, 5) is 13.7. The molecule has 0 saturated heterocycles. The molecule has 5 nitrogen and oxygen atoms in total. The fourth-order valence-electron chi connectivity index (χ4n) is 1.42. The number of unbranched alkanes of at least 4 members (excludes halogenated alkanes) is 1. The van der Waals surface area contributed by atoms with Crippen LogP contribution in [0.5, 0.6) is 0 Å².